The SMILES string of the molecule is CC(c1ccc(Oc2ccc(O)cc2)c(Cl)c1)c1ccc(Oc2ccc(O)cc2)c(Cl)c1. The summed E-state index contributed by atoms with van der Waals surface area (Å²) < 4.78 is 11.6. The van der Waals surface area contributed by atoms with Crippen molar-refractivity contribution in [2.75, 3.05) is 0 Å². The van der Waals surface area contributed by atoms with Gasteiger partial charge in [-0.1, -0.05) is 42.3 Å². The lowest BCUT2D eigenvalue weighted by Gasteiger charge is -2.16. The maximum absolute atomic E-state index is 9.40. The van der Waals surface area contributed by atoms with E-state index in [-0.39, 0.29) is 17.4 Å². The van der Waals surface area contributed by atoms with Gasteiger partial charge in [0.2, 0.25) is 0 Å². The Bertz CT molecular complexity index is 1120. The van der Waals surface area contributed by atoms with E-state index in [9.17, 15) is 10.2 Å². The van der Waals surface area contributed by atoms with Crippen molar-refractivity contribution in [1.29, 1.82) is 0 Å². The number of rotatable bonds is 6. The second-order valence-corrected chi connectivity index (χ2v) is 8.11. The van der Waals surface area contributed by atoms with E-state index in [1.807, 2.05) is 36.4 Å². The van der Waals surface area contributed by atoms with Crippen LogP contribution >= 0.6 is 23.2 Å². The van der Waals surface area contributed by atoms with Crippen molar-refractivity contribution in [2.45, 2.75) is 12.8 Å². The Kier molecular flexibility index (Phi) is 6.45. The molecular formula is C26H20Cl2O4. The van der Waals surface area contributed by atoms with E-state index in [2.05, 4.69) is 6.92 Å². The molecule has 162 valence electrons. The molecule has 0 aliphatic rings. The Hall–Kier alpha value is -3.34. The van der Waals surface area contributed by atoms with Crippen LogP contribution in [-0.4, -0.2) is 10.2 Å². The van der Waals surface area contributed by atoms with Gasteiger partial charge in [0.05, 0.1) is 10.0 Å². The van der Waals surface area contributed by atoms with Crippen LogP contribution in [0.4, 0.5) is 0 Å². The predicted molar refractivity (Wildman–Crippen MR) is 127 cm³/mol. The van der Waals surface area contributed by atoms with Crippen molar-refractivity contribution in [3.05, 3.63) is 106 Å². The van der Waals surface area contributed by atoms with E-state index in [4.69, 9.17) is 32.7 Å². The molecule has 0 amide bonds. The number of aromatic hydroxyl groups is 2. The van der Waals surface area contributed by atoms with Gasteiger partial charge in [-0.15, -0.1) is 0 Å². The van der Waals surface area contributed by atoms with Gasteiger partial charge in [0.25, 0.3) is 0 Å². The van der Waals surface area contributed by atoms with E-state index < -0.39 is 0 Å². The minimum Gasteiger partial charge on any atom is -0.508 e. The van der Waals surface area contributed by atoms with E-state index >= 15 is 0 Å². The summed E-state index contributed by atoms with van der Waals surface area (Å²) in [5, 5.41) is 19.8. The van der Waals surface area contributed by atoms with Crippen molar-refractivity contribution in [1.82, 2.24) is 0 Å². The lowest BCUT2D eigenvalue weighted by atomic mass is 9.93. The molecule has 4 aromatic rings. The maximum atomic E-state index is 9.40. The van der Waals surface area contributed by atoms with E-state index in [0.29, 0.717) is 33.0 Å². The number of halogens is 2. The van der Waals surface area contributed by atoms with Gasteiger partial charge in [-0.2, -0.15) is 0 Å². The maximum Gasteiger partial charge on any atom is 0.146 e. The normalized spacial score (nSPS) is 10.9. The highest BCUT2D eigenvalue weighted by Crippen LogP contribution is 2.37. The van der Waals surface area contributed by atoms with E-state index in [0.717, 1.165) is 11.1 Å². The van der Waals surface area contributed by atoms with Crippen LogP contribution in [0, 0.1) is 0 Å². The zero-order valence-electron chi connectivity index (χ0n) is 17.1. The molecule has 0 spiro atoms. The second-order valence-electron chi connectivity index (χ2n) is 7.29. The number of phenolic OH excluding ortho intramolecular Hbond substituents is 2. The van der Waals surface area contributed by atoms with Crippen molar-refractivity contribution >= 4 is 23.2 Å². The molecule has 0 aromatic heterocycles. The highest BCUT2D eigenvalue weighted by atomic mass is 35.5. The van der Waals surface area contributed by atoms with Crippen LogP contribution in [0.15, 0.2) is 84.9 Å². The fourth-order valence-corrected chi connectivity index (χ4v) is 3.67. The summed E-state index contributed by atoms with van der Waals surface area (Å²) in [4.78, 5) is 0. The third-order valence-electron chi connectivity index (χ3n) is 5.04. The van der Waals surface area contributed by atoms with Gasteiger partial charge < -0.3 is 19.7 Å². The molecule has 0 saturated heterocycles. The molecule has 0 atom stereocenters. The standard InChI is InChI=1S/C26H20Cl2O4/c1-16(17-2-12-25(23(27)14-17)31-21-8-4-19(29)5-9-21)18-3-13-26(24(28)15-18)32-22-10-6-20(30)7-11-22/h2-16,29-30H,1H3. The molecule has 0 heterocycles. The summed E-state index contributed by atoms with van der Waals surface area (Å²) in [7, 11) is 0. The molecule has 0 unspecified atom stereocenters. The van der Waals surface area contributed by atoms with Gasteiger partial charge in [0, 0.05) is 5.92 Å². The van der Waals surface area contributed by atoms with Crippen molar-refractivity contribution in [2.24, 2.45) is 0 Å². The van der Waals surface area contributed by atoms with Crippen LogP contribution in [-0.2, 0) is 0 Å². The quantitative estimate of drug-likeness (QED) is 0.301. The molecule has 4 aromatic carbocycles. The minimum absolute atomic E-state index is 0.0374. The van der Waals surface area contributed by atoms with Crippen molar-refractivity contribution < 1.29 is 19.7 Å². The summed E-state index contributed by atoms with van der Waals surface area (Å²) in [5.74, 6) is 2.61. The summed E-state index contributed by atoms with van der Waals surface area (Å²) in [5.41, 5.74) is 2.02. The zero-order chi connectivity index (χ0) is 22.7. The number of hydrogen-bond donors (Lipinski definition) is 2. The molecule has 0 bridgehead atoms. The summed E-state index contributed by atoms with van der Waals surface area (Å²) >= 11 is 12.9. The predicted octanol–water partition coefficient (Wildman–Crippen LogP) is 8.14. The molecule has 32 heavy (non-hydrogen) atoms. The molecule has 0 radical (unpaired) electrons. The first-order chi connectivity index (χ1) is 15.4. The van der Waals surface area contributed by atoms with Crippen LogP contribution in [0.3, 0.4) is 0 Å². The minimum atomic E-state index is 0.0374. The third kappa shape index (κ3) is 5.10. The highest BCUT2D eigenvalue weighted by molar-refractivity contribution is 6.32. The zero-order valence-corrected chi connectivity index (χ0v) is 18.6. The monoisotopic (exact) mass is 466 g/mol. The van der Waals surface area contributed by atoms with Crippen LogP contribution < -0.4 is 9.47 Å². The van der Waals surface area contributed by atoms with Gasteiger partial charge in [0.1, 0.15) is 34.5 Å². The molecule has 6 heteroatoms. The number of hydrogen-bond acceptors (Lipinski definition) is 4. The van der Waals surface area contributed by atoms with Crippen LogP contribution in [0.1, 0.15) is 24.0 Å². The lowest BCUT2D eigenvalue weighted by Crippen LogP contribution is -1.97. The van der Waals surface area contributed by atoms with Crippen molar-refractivity contribution in [3.8, 4) is 34.5 Å². The fourth-order valence-electron chi connectivity index (χ4n) is 3.21. The van der Waals surface area contributed by atoms with Gasteiger partial charge in [-0.25, -0.2) is 0 Å². The third-order valence-corrected chi connectivity index (χ3v) is 5.63. The van der Waals surface area contributed by atoms with Crippen LogP contribution in [0.2, 0.25) is 10.0 Å². The fraction of sp³-hybridized carbons (Fsp3) is 0.0769. The Labute approximate surface area is 196 Å². The van der Waals surface area contributed by atoms with E-state index in [1.165, 1.54) is 0 Å². The van der Waals surface area contributed by atoms with Gasteiger partial charge in [0.15, 0.2) is 0 Å². The Morgan fingerprint density at radius 1 is 0.594 bits per heavy atom. The van der Waals surface area contributed by atoms with E-state index in [1.54, 1.807) is 48.5 Å². The molecule has 0 fully saturated rings. The summed E-state index contributed by atoms with van der Waals surface area (Å²) in [6.07, 6.45) is 0. The summed E-state index contributed by atoms with van der Waals surface area (Å²) in [6, 6.07) is 24.2. The number of phenols is 2. The Morgan fingerprint density at radius 3 is 1.31 bits per heavy atom. The van der Waals surface area contributed by atoms with Gasteiger partial charge in [-0.05, 0) is 83.9 Å². The second kappa shape index (κ2) is 9.43. The average Bonchev–Trinajstić information content (AvgIpc) is 2.79. The number of benzene rings is 4. The molecule has 0 aliphatic carbocycles. The first-order valence-electron chi connectivity index (χ1n) is 9.92. The average molecular weight is 467 g/mol. The van der Waals surface area contributed by atoms with Crippen LogP contribution in [0.5, 0.6) is 34.5 Å². The molecule has 2 N–H and O–H groups in total. The molecule has 4 rings (SSSR count). The molecule has 4 nitrogen and oxygen atoms in total. The molecular weight excluding hydrogens is 447 g/mol. The Balaban J connectivity index is 1.50. The first-order valence-corrected chi connectivity index (χ1v) is 10.7. The van der Waals surface area contributed by atoms with Gasteiger partial charge in [-0.3, -0.25) is 0 Å². The molecule has 0 aliphatic heterocycles. The topological polar surface area (TPSA) is 58.9 Å². The lowest BCUT2D eigenvalue weighted by molar-refractivity contribution is 0.464. The van der Waals surface area contributed by atoms with Crippen molar-refractivity contribution in [3.63, 3.8) is 0 Å². The molecule has 0 saturated carbocycles. The van der Waals surface area contributed by atoms with Gasteiger partial charge >= 0.3 is 0 Å². The Morgan fingerprint density at radius 2 is 0.969 bits per heavy atom. The first kappa shape index (κ1) is 21.9. The van der Waals surface area contributed by atoms with Crippen LogP contribution in [0.25, 0.3) is 0 Å². The smallest absolute Gasteiger partial charge is 0.146 e. The largest absolute Gasteiger partial charge is 0.508 e. The summed E-state index contributed by atoms with van der Waals surface area (Å²) in [6.45, 7) is 2.07. The highest BCUT2D eigenvalue weighted by Gasteiger charge is 2.14. The number of ether oxygens (including phenoxy) is 2.